The molecule has 1 aromatic rings. The van der Waals surface area contributed by atoms with Crippen molar-refractivity contribution in [2.24, 2.45) is 0 Å². The van der Waals surface area contributed by atoms with Gasteiger partial charge in [0.05, 0.1) is 13.7 Å². The van der Waals surface area contributed by atoms with Crippen LogP contribution in [0.3, 0.4) is 0 Å². The predicted molar refractivity (Wildman–Crippen MR) is 82.1 cm³/mol. The zero-order valence-corrected chi connectivity index (χ0v) is 13.2. The number of benzene rings is 1. The van der Waals surface area contributed by atoms with Crippen molar-refractivity contribution in [1.82, 2.24) is 5.32 Å². The number of ether oxygens (including phenoxy) is 3. The fourth-order valence-corrected chi connectivity index (χ4v) is 1.90. The van der Waals surface area contributed by atoms with E-state index in [-0.39, 0.29) is 6.61 Å². The Morgan fingerprint density at radius 1 is 1.35 bits per heavy atom. The third-order valence-electron chi connectivity index (χ3n) is 2.49. The summed E-state index contributed by atoms with van der Waals surface area (Å²) in [4.78, 5) is 0. The van der Waals surface area contributed by atoms with E-state index in [0.717, 1.165) is 12.1 Å². The number of rotatable bonds is 9. The van der Waals surface area contributed by atoms with E-state index in [0.29, 0.717) is 34.7 Å². The van der Waals surface area contributed by atoms with E-state index in [1.807, 2.05) is 6.07 Å². The standard InChI is InChI=1S/C14H19Cl2NO3/c1-10(15)9-20-14-11(8-17-4-5-18-2)6-12(16)7-13(14)19-3/h6-7,17H,1,4-5,8-9H2,2-3H3. The number of halogens is 2. The molecule has 0 spiro atoms. The lowest BCUT2D eigenvalue weighted by molar-refractivity contribution is 0.199. The first-order valence-electron chi connectivity index (χ1n) is 6.10. The molecule has 0 saturated carbocycles. The average molecular weight is 320 g/mol. The predicted octanol–water partition coefficient (Wildman–Crippen LogP) is 3.22. The van der Waals surface area contributed by atoms with Crippen LogP contribution in [0.5, 0.6) is 11.5 Å². The summed E-state index contributed by atoms with van der Waals surface area (Å²) in [6, 6.07) is 3.53. The molecule has 0 saturated heterocycles. The third-order valence-corrected chi connectivity index (χ3v) is 2.82. The van der Waals surface area contributed by atoms with Gasteiger partial charge in [0.2, 0.25) is 0 Å². The number of methoxy groups -OCH3 is 2. The summed E-state index contributed by atoms with van der Waals surface area (Å²) >= 11 is 11.8. The lowest BCUT2D eigenvalue weighted by Crippen LogP contribution is -2.19. The number of hydrogen-bond donors (Lipinski definition) is 1. The highest BCUT2D eigenvalue weighted by Crippen LogP contribution is 2.35. The van der Waals surface area contributed by atoms with Crippen molar-refractivity contribution in [3.63, 3.8) is 0 Å². The highest BCUT2D eigenvalue weighted by molar-refractivity contribution is 6.31. The van der Waals surface area contributed by atoms with Crippen LogP contribution in [0.2, 0.25) is 5.02 Å². The maximum absolute atomic E-state index is 6.07. The van der Waals surface area contributed by atoms with Crippen LogP contribution in [0.4, 0.5) is 0 Å². The molecular formula is C14H19Cl2NO3. The van der Waals surface area contributed by atoms with Crippen molar-refractivity contribution in [3.8, 4) is 11.5 Å². The minimum absolute atomic E-state index is 0.213. The maximum Gasteiger partial charge on any atom is 0.166 e. The van der Waals surface area contributed by atoms with E-state index < -0.39 is 0 Å². The van der Waals surface area contributed by atoms with E-state index in [4.69, 9.17) is 37.4 Å². The molecular weight excluding hydrogens is 301 g/mol. The van der Waals surface area contributed by atoms with Crippen molar-refractivity contribution >= 4 is 23.2 Å². The summed E-state index contributed by atoms with van der Waals surface area (Å²) in [5.41, 5.74) is 0.892. The van der Waals surface area contributed by atoms with Gasteiger partial charge in [-0.15, -0.1) is 0 Å². The summed E-state index contributed by atoms with van der Waals surface area (Å²) in [6.07, 6.45) is 0. The molecule has 0 aliphatic rings. The van der Waals surface area contributed by atoms with Gasteiger partial charge in [-0.3, -0.25) is 0 Å². The van der Waals surface area contributed by atoms with Crippen molar-refractivity contribution in [2.45, 2.75) is 6.54 Å². The van der Waals surface area contributed by atoms with Crippen molar-refractivity contribution in [2.75, 3.05) is 34.0 Å². The summed E-state index contributed by atoms with van der Waals surface area (Å²) in [7, 11) is 3.22. The molecule has 20 heavy (non-hydrogen) atoms. The molecule has 4 nitrogen and oxygen atoms in total. The Hall–Kier alpha value is -0.940. The molecule has 0 aliphatic heterocycles. The minimum Gasteiger partial charge on any atom is -0.493 e. The number of hydrogen-bond acceptors (Lipinski definition) is 4. The van der Waals surface area contributed by atoms with Crippen LogP contribution < -0.4 is 14.8 Å². The van der Waals surface area contributed by atoms with Crippen LogP contribution in [0, 0.1) is 0 Å². The summed E-state index contributed by atoms with van der Waals surface area (Å²) < 4.78 is 15.9. The fourth-order valence-electron chi connectivity index (χ4n) is 1.62. The minimum atomic E-state index is 0.213. The van der Waals surface area contributed by atoms with Crippen molar-refractivity contribution in [1.29, 1.82) is 0 Å². The van der Waals surface area contributed by atoms with E-state index in [1.165, 1.54) is 0 Å². The molecule has 0 fully saturated rings. The second-order valence-corrected chi connectivity index (χ2v) is 5.04. The summed E-state index contributed by atoms with van der Waals surface area (Å²) in [5, 5.41) is 4.24. The van der Waals surface area contributed by atoms with Gasteiger partial charge >= 0.3 is 0 Å². The van der Waals surface area contributed by atoms with Crippen LogP contribution in [-0.4, -0.2) is 34.0 Å². The van der Waals surface area contributed by atoms with Gasteiger partial charge in [0.15, 0.2) is 11.5 Å². The van der Waals surface area contributed by atoms with Gasteiger partial charge in [0, 0.05) is 41.9 Å². The molecule has 1 aromatic carbocycles. The van der Waals surface area contributed by atoms with Crippen molar-refractivity contribution in [3.05, 3.63) is 34.3 Å². The largest absolute Gasteiger partial charge is 0.493 e. The second kappa shape index (κ2) is 9.08. The smallest absolute Gasteiger partial charge is 0.166 e. The van der Waals surface area contributed by atoms with Gasteiger partial charge in [0.25, 0.3) is 0 Å². The van der Waals surface area contributed by atoms with Gasteiger partial charge in [-0.1, -0.05) is 29.8 Å². The molecule has 0 aliphatic carbocycles. The Bertz CT molecular complexity index is 452. The molecule has 0 heterocycles. The zero-order chi connectivity index (χ0) is 15.0. The topological polar surface area (TPSA) is 39.7 Å². The van der Waals surface area contributed by atoms with Crippen LogP contribution in [0.25, 0.3) is 0 Å². The molecule has 0 aromatic heterocycles. The molecule has 0 atom stereocenters. The van der Waals surface area contributed by atoms with Gasteiger partial charge in [-0.25, -0.2) is 0 Å². The Kier molecular flexibility index (Phi) is 7.77. The molecule has 112 valence electrons. The van der Waals surface area contributed by atoms with Gasteiger partial charge in [-0.2, -0.15) is 0 Å². The Labute approximate surface area is 129 Å². The Morgan fingerprint density at radius 2 is 2.10 bits per heavy atom. The molecule has 1 rings (SSSR count). The highest BCUT2D eigenvalue weighted by Gasteiger charge is 2.13. The van der Waals surface area contributed by atoms with E-state index >= 15 is 0 Å². The lowest BCUT2D eigenvalue weighted by atomic mass is 10.2. The molecule has 0 unspecified atom stereocenters. The van der Waals surface area contributed by atoms with Crippen LogP contribution in [0.1, 0.15) is 5.56 Å². The van der Waals surface area contributed by atoms with E-state index in [2.05, 4.69) is 11.9 Å². The normalized spacial score (nSPS) is 10.4. The summed E-state index contributed by atoms with van der Waals surface area (Å²) in [5.74, 6) is 1.18. The summed E-state index contributed by atoms with van der Waals surface area (Å²) in [6.45, 7) is 5.76. The fraction of sp³-hybridized carbons (Fsp3) is 0.429. The molecule has 1 N–H and O–H groups in total. The zero-order valence-electron chi connectivity index (χ0n) is 11.7. The molecule has 0 amide bonds. The van der Waals surface area contributed by atoms with Gasteiger partial charge in [0.1, 0.15) is 6.61 Å². The maximum atomic E-state index is 6.07. The third kappa shape index (κ3) is 5.59. The quantitative estimate of drug-likeness (QED) is 0.709. The first-order chi connectivity index (χ1) is 9.58. The lowest BCUT2D eigenvalue weighted by Gasteiger charge is -2.16. The first kappa shape index (κ1) is 17.1. The van der Waals surface area contributed by atoms with Crippen LogP contribution >= 0.6 is 23.2 Å². The second-order valence-electron chi connectivity index (χ2n) is 4.07. The Morgan fingerprint density at radius 3 is 2.70 bits per heavy atom. The molecule has 6 heteroatoms. The molecule has 0 bridgehead atoms. The number of nitrogens with one attached hydrogen (secondary N) is 1. The van der Waals surface area contributed by atoms with Crippen LogP contribution in [0.15, 0.2) is 23.7 Å². The highest BCUT2D eigenvalue weighted by atomic mass is 35.5. The Balaban J connectivity index is 2.87. The van der Waals surface area contributed by atoms with Gasteiger partial charge < -0.3 is 19.5 Å². The van der Waals surface area contributed by atoms with E-state index in [1.54, 1.807) is 20.3 Å². The van der Waals surface area contributed by atoms with Crippen LogP contribution in [-0.2, 0) is 11.3 Å². The van der Waals surface area contributed by atoms with Crippen molar-refractivity contribution < 1.29 is 14.2 Å². The van der Waals surface area contributed by atoms with Gasteiger partial charge in [-0.05, 0) is 6.07 Å². The average Bonchev–Trinajstić information content (AvgIpc) is 2.41. The monoisotopic (exact) mass is 319 g/mol. The molecule has 0 radical (unpaired) electrons. The van der Waals surface area contributed by atoms with E-state index in [9.17, 15) is 0 Å². The SMILES string of the molecule is C=C(Cl)COc1c(CNCCOC)cc(Cl)cc1OC. The first-order valence-corrected chi connectivity index (χ1v) is 6.86.